The van der Waals surface area contributed by atoms with Gasteiger partial charge in [-0.2, -0.15) is 4.37 Å². The van der Waals surface area contributed by atoms with Crippen molar-refractivity contribution in [2.24, 2.45) is 5.73 Å². The zero-order valence-corrected chi connectivity index (χ0v) is 22.5. The van der Waals surface area contributed by atoms with Crippen molar-refractivity contribution in [3.63, 3.8) is 0 Å². The highest BCUT2D eigenvalue weighted by molar-refractivity contribution is 7.09. The van der Waals surface area contributed by atoms with E-state index in [1.54, 1.807) is 18.2 Å². The van der Waals surface area contributed by atoms with Gasteiger partial charge in [0.2, 0.25) is 5.91 Å². The quantitative estimate of drug-likeness (QED) is 0.406. The number of carbonyl (C=O) groups excluding carboxylic acids is 3. The number of primary amides is 1. The van der Waals surface area contributed by atoms with Crippen LogP contribution in [0.15, 0.2) is 42.5 Å². The second-order valence-electron chi connectivity index (χ2n) is 9.80. The summed E-state index contributed by atoms with van der Waals surface area (Å²) < 4.78 is 15.5. The average molecular weight is 550 g/mol. The van der Waals surface area contributed by atoms with Gasteiger partial charge < -0.3 is 26.3 Å². The number of anilines is 2. The van der Waals surface area contributed by atoms with E-state index in [1.165, 1.54) is 4.90 Å². The number of amides is 3. The Morgan fingerprint density at radius 2 is 1.72 bits per heavy atom. The summed E-state index contributed by atoms with van der Waals surface area (Å²) in [7, 11) is 0. The third-order valence-corrected chi connectivity index (χ3v) is 7.88. The Hall–Kier alpha value is -4.12. The Morgan fingerprint density at radius 3 is 2.38 bits per heavy atom. The van der Waals surface area contributed by atoms with Gasteiger partial charge in [0.15, 0.2) is 17.2 Å². The number of benzene rings is 2. The number of hydrogen-bond acceptors (Lipinski definition) is 8. The van der Waals surface area contributed by atoms with Gasteiger partial charge >= 0.3 is 0 Å². The maximum absolute atomic E-state index is 14.3. The van der Waals surface area contributed by atoms with Crippen LogP contribution >= 0.6 is 11.5 Å². The Kier molecular flexibility index (Phi) is 7.69. The molecule has 0 bridgehead atoms. The lowest BCUT2D eigenvalue weighted by atomic mass is 9.94. The normalized spacial score (nSPS) is 15.8. The van der Waals surface area contributed by atoms with Crippen LogP contribution in [0.4, 0.5) is 11.4 Å². The molecular weight excluding hydrogens is 518 g/mol. The van der Waals surface area contributed by atoms with Crippen molar-refractivity contribution in [3.8, 4) is 11.5 Å². The second-order valence-corrected chi connectivity index (χ2v) is 10.6. The standard InChI is InChI=1S/C28H31N5O5S/c1-16-7-9-17(10-8-16)24(27(35)31-18-5-3-2-4-6-18)33(19-11-12-20-21(15-19)38-14-13-37-20)28(36)25-22(29)23(26(30)34)32-39-25/h7-12,15,18,24H,2-6,13-14,29H2,1H3,(H2,30,34)(H,31,35)/t24-/m0/s1. The van der Waals surface area contributed by atoms with Gasteiger partial charge in [-0.05, 0) is 49.0 Å². The van der Waals surface area contributed by atoms with E-state index in [0.717, 1.165) is 49.2 Å². The van der Waals surface area contributed by atoms with Crippen molar-refractivity contribution in [2.75, 3.05) is 23.8 Å². The van der Waals surface area contributed by atoms with E-state index in [2.05, 4.69) is 9.69 Å². The Balaban J connectivity index is 1.63. The van der Waals surface area contributed by atoms with Crippen molar-refractivity contribution in [1.82, 2.24) is 9.69 Å². The van der Waals surface area contributed by atoms with Crippen molar-refractivity contribution >= 4 is 40.6 Å². The first-order valence-corrected chi connectivity index (χ1v) is 13.8. The molecule has 1 aliphatic heterocycles. The lowest BCUT2D eigenvalue weighted by Crippen LogP contribution is -2.47. The molecule has 5 N–H and O–H groups in total. The highest BCUT2D eigenvalue weighted by Crippen LogP contribution is 2.39. The van der Waals surface area contributed by atoms with Crippen LogP contribution in [0.1, 0.15) is 69.4 Å². The largest absolute Gasteiger partial charge is 0.486 e. The first-order chi connectivity index (χ1) is 18.8. The van der Waals surface area contributed by atoms with Crippen molar-refractivity contribution in [1.29, 1.82) is 0 Å². The molecule has 0 radical (unpaired) electrons. The topological polar surface area (TPSA) is 150 Å². The number of nitrogens with two attached hydrogens (primary N) is 2. The molecule has 1 aliphatic carbocycles. The lowest BCUT2D eigenvalue weighted by Gasteiger charge is -2.34. The summed E-state index contributed by atoms with van der Waals surface area (Å²) in [6.07, 6.45) is 4.99. The van der Waals surface area contributed by atoms with Gasteiger partial charge in [0, 0.05) is 17.8 Å². The molecule has 1 atom stereocenters. The van der Waals surface area contributed by atoms with Crippen LogP contribution in [-0.2, 0) is 4.79 Å². The third-order valence-electron chi connectivity index (χ3n) is 7.03. The highest BCUT2D eigenvalue weighted by atomic mass is 32.1. The summed E-state index contributed by atoms with van der Waals surface area (Å²) in [6, 6.07) is 11.5. The molecule has 1 aromatic heterocycles. The second kappa shape index (κ2) is 11.3. The summed E-state index contributed by atoms with van der Waals surface area (Å²) >= 11 is 0.772. The van der Waals surface area contributed by atoms with Crippen LogP contribution in [0.5, 0.6) is 11.5 Å². The molecule has 11 heteroatoms. The van der Waals surface area contributed by atoms with Gasteiger partial charge in [0.25, 0.3) is 11.8 Å². The molecule has 0 saturated heterocycles. The minimum atomic E-state index is -1.04. The van der Waals surface area contributed by atoms with Gasteiger partial charge in [0.05, 0.1) is 5.69 Å². The van der Waals surface area contributed by atoms with Crippen LogP contribution in [0, 0.1) is 6.92 Å². The van der Waals surface area contributed by atoms with Gasteiger partial charge in [-0.3, -0.25) is 19.3 Å². The Bertz CT molecular complexity index is 1380. The van der Waals surface area contributed by atoms with Crippen LogP contribution in [0.2, 0.25) is 0 Å². The molecule has 2 aliphatic rings. The number of nitrogens with zero attached hydrogens (tertiary/aromatic N) is 2. The van der Waals surface area contributed by atoms with Gasteiger partial charge in [-0.15, -0.1) is 0 Å². The summed E-state index contributed by atoms with van der Waals surface area (Å²) in [4.78, 5) is 41.6. The number of carbonyl (C=O) groups is 3. The minimum absolute atomic E-state index is 0.0151. The summed E-state index contributed by atoms with van der Waals surface area (Å²) in [5.41, 5.74) is 13.3. The van der Waals surface area contributed by atoms with Crippen LogP contribution < -0.4 is 31.2 Å². The molecule has 39 heavy (non-hydrogen) atoms. The van der Waals surface area contributed by atoms with Crippen LogP contribution in [0.3, 0.4) is 0 Å². The number of ether oxygens (including phenoxy) is 2. The molecule has 10 nitrogen and oxygen atoms in total. The zero-order chi connectivity index (χ0) is 27.5. The summed E-state index contributed by atoms with van der Waals surface area (Å²) in [5.74, 6) is -0.726. The van der Waals surface area contributed by atoms with E-state index < -0.39 is 17.9 Å². The molecule has 0 spiro atoms. The number of aryl methyl sites for hydroxylation is 1. The average Bonchev–Trinajstić information content (AvgIpc) is 3.33. The van der Waals surface area contributed by atoms with Crippen molar-refractivity contribution in [2.45, 2.75) is 51.1 Å². The maximum atomic E-state index is 14.3. The minimum Gasteiger partial charge on any atom is -0.486 e. The number of aromatic nitrogens is 1. The number of hydrogen-bond donors (Lipinski definition) is 3. The zero-order valence-electron chi connectivity index (χ0n) is 21.6. The van der Waals surface area contributed by atoms with E-state index in [0.29, 0.717) is 36.0 Å². The number of nitrogens with one attached hydrogen (secondary N) is 1. The summed E-state index contributed by atoms with van der Waals surface area (Å²) in [6.45, 7) is 2.73. The lowest BCUT2D eigenvalue weighted by molar-refractivity contribution is -0.123. The third kappa shape index (κ3) is 5.53. The van der Waals surface area contributed by atoms with Crippen molar-refractivity contribution < 1.29 is 23.9 Å². The fraction of sp³-hybridized carbons (Fsp3) is 0.357. The van der Waals surface area contributed by atoms with E-state index >= 15 is 0 Å². The molecule has 2 heterocycles. The first-order valence-electron chi connectivity index (χ1n) is 13.0. The predicted octanol–water partition coefficient (Wildman–Crippen LogP) is 3.74. The molecule has 1 saturated carbocycles. The van der Waals surface area contributed by atoms with E-state index in [9.17, 15) is 14.4 Å². The molecule has 1 fully saturated rings. The van der Waals surface area contributed by atoms with Gasteiger partial charge in [0.1, 0.15) is 24.1 Å². The number of fused-ring (bicyclic) bond motifs is 1. The molecule has 2 aromatic carbocycles. The van der Waals surface area contributed by atoms with Gasteiger partial charge in [-0.25, -0.2) is 0 Å². The van der Waals surface area contributed by atoms with E-state index in [1.807, 2.05) is 31.2 Å². The fourth-order valence-corrected chi connectivity index (χ4v) is 5.74. The summed E-state index contributed by atoms with van der Waals surface area (Å²) in [5, 5.41) is 3.18. The SMILES string of the molecule is Cc1ccc([C@@H](C(=O)NC2CCCCC2)N(C(=O)c2snc(C(N)=O)c2N)c2ccc3c(c2)OCCO3)cc1. The number of nitrogen functional groups attached to an aromatic ring is 1. The van der Waals surface area contributed by atoms with E-state index in [-0.39, 0.29) is 28.2 Å². The molecule has 5 rings (SSSR count). The van der Waals surface area contributed by atoms with Crippen LogP contribution in [-0.4, -0.2) is 41.4 Å². The molecular formula is C28H31N5O5S. The van der Waals surface area contributed by atoms with Crippen molar-refractivity contribution in [3.05, 3.63) is 64.2 Å². The Labute approximate surface area is 230 Å². The fourth-order valence-electron chi connectivity index (χ4n) is 5.00. The molecule has 3 amide bonds. The highest BCUT2D eigenvalue weighted by Gasteiger charge is 2.37. The van der Waals surface area contributed by atoms with E-state index in [4.69, 9.17) is 20.9 Å². The Morgan fingerprint density at radius 1 is 1.03 bits per heavy atom. The monoisotopic (exact) mass is 549 g/mol. The van der Waals surface area contributed by atoms with Gasteiger partial charge in [-0.1, -0.05) is 49.1 Å². The smallest absolute Gasteiger partial charge is 0.273 e. The molecule has 0 unspecified atom stereocenters. The van der Waals surface area contributed by atoms with Crippen LogP contribution in [0.25, 0.3) is 0 Å². The maximum Gasteiger partial charge on any atom is 0.273 e. The number of rotatable bonds is 7. The predicted molar refractivity (Wildman–Crippen MR) is 148 cm³/mol. The molecule has 3 aromatic rings. The molecule has 204 valence electrons. The first kappa shape index (κ1) is 26.5.